The summed E-state index contributed by atoms with van der Waals surface area (Å²) in [6.45, 7) is -0.0719. The molecule has 0 aliphatic carbocycles. The summed E-state index contributed by atoms with van der Waals surface area (Å²) < 4.78 is 80.7. The Kier molecular flexibility index (Phi) is 5.59. The van der Waals surface area contributed by atoms with E-state index in [4.69, 9.17) is 0 Å². The van der Waals surface area contributed by atoms with Gasteiger partial charge >= 0.3 is 0 Å². The van der Waals surface area contributed by atoms with E-state index in [0.29, 0.717) is 5.56 Å². The number of alkyl halides is 1. The van der Waals surface area contributed by atoms with Gasteiger partial charge in [-0.1, -0.05) is 12.1 Å². The molecule has 0 spiro atoms. The first-order valence-electron chi connectivity index (χ1n) is 6.56. The molecule has 0 radical (unpaired) electrons. The summed E-state index contributed by atoms with van der Waals surface area (Å²) in [6.07, 6.45) is -2.19. The van der Waals surface area contributed by atoms with Crippen LogP contribution in [0, 0.1) is 29.1 Å². The number of hydrogen-bond donors (Lipinski definition) is 1. The molecule has 0 fully saturated rings. The minimum Gasteiger partial charge on any atom is -0.283 e. The van der Waals surface area contributed by atoms with Crippen molar-refractivity contribution in [2.45, 2.75) is 17.6 Å². The number of rotatable bonds is 5. The molecule has 0 saturated carbocycles. The van der Waals surface area contributed by atoms with E-state index >= 15 is 0 Å². The molecule has 1 nitrogen and oxygen atoms in total. The minimum atomic E-state index is -2.43. The largest absolute Gasteiger partial charge is 0.283 e. The Hall–Kier alpha value is -1.67. The average Bonchev–Trinajstić information content (AvgIpc) is 2.53. The lowest BCUT2D eigenvalue weighted by Crippen LogP contribution is -2.23. The van der Waals surface area contributed by atoms with E-state index in [-0.39, 0.29) is 13.0 Å². The van der Waals surface area contributed by atoms with Crippen LogP contribution in [0.15, 0.2) is 29.2 Å². The quantitative estimate of drug-likeness (QED) is 0.488. The molecule has 1 atom stereocenters. The zero-order valence-corrected chi connectivity index (χ0v) is 12.8. The van der Waals surface area contributed by atoms with Crippen molar-refractivity contribution in [3.8, 4) is 0 Å². The highest BCUT2D eigenvalue weighted by Crippen LogP contribution is 2.30. The lowest BCUT2D eigenvalue weighted by atomic mass is 10.1. The normalized spacial score (nSPS) is 12.7. The Morgan fingerprint density at radius 3 is 1.91 bits per heavy atom. The van der Waals surface area contributed by atoms with Crippen LogP contribution in [0.1, 0.15) is 17.4 Å². The van der Waals surface area contributed by atoms with Crippen molar-refractivity contribution < 1.29 is 26.3 Å². The van der Waals surface area contributed by atoms with Gasteiger partial charge in [0.25, 0.3) is 0 Å². The highest BCUT2D eigenvalue weighted by molar-refractivity contribution is 7.80. The molecular formula is C15H13F6NS. The van der Waals surface area contributed by atoms with Crippen LogP contribution in [0.25, 0.3) is 0 Å². The first-order chi connectivity index (χ1) is 10.8. The zero-order chi connectivity index (χ0) is 17.1. The van der Waals surface area contributed by atoms with E-state index < -0.39 is 45.8 Å². The maximum atomic E-state index is 13.9. The van der Waals surface area contributed by atoms with Gasteiger partial charge in [-0.2, -0.15) is 0 Å². The van der Waals surface area contributed by atoms with Gasteiger partial charge in [0, 0.05) is 6.54 Å². The third kappa shape index (κ3) is 3.81. The molecule has 2 aromatic rings. The molecule has 8 heteroatoms. The molecule has 1 N–H and O–H groups in total. The van der Waals surface area contributed by atoms with Gasteiger partial charge in [0.15, 0.2) is 29.6 Å². The monoisotopic (exact) mass is 353 g/mol. The van der Waals surface area contributed by atoms with Gasteiger partial charge in [0.05, 0.1) is 10.5 Å². The molecule has 0 heterocycles. The Morgan fingerprint density at radius 1 is 0.870 bits per heavy atom. The summed E-state index contributed by atoms with van der Waals surface area (Å²) in [5, 5.41) is 2.14. The molecule has 0 aliphatic heterocycles. The summed E-state index contributed by atoms with van der Waals surface area (Å²) in [4.78, 5) is -0.928. The SMILES string of the molecule is Fc1ccc(CCNC(F)c2c(F)c(F)c([SH3])c(F)c2F)cc1. The smallest absolute Gasteiger partial charge is 0.182 e. The fraction of sp³-hybridized carbons (Fsp3) is 0.200. The van der Waals surface area contributed by atoms with E-state index in [1.165, 1.54) is 36.9 Å². The van der Waals surface area contributed by atoms with Crippen LogP contribution < -0.4 is 5.32 Å². The fourth-order valence-electron chi connectivity index (χ4n) is 1.98. The van der Waals surface area contributed by atoms with Crippen molar-refractivity contribution >= 4 is 12.6 Å². The fourth-order valence-corrected chi connectivity index (χ4v) is 2.24. The molecule has 2 rings (SSSR count). The van der Waals surface area contributed by atoms with Crippen molar-refractivity contribution in [3.63, 3.8) is 0 Å². The second kappa shape index (κ2) is 7.27. The van der Waals surface area contributed by atoms with Crippen LogP contribution >= 0.6 is 12.6 Å². The van der Waals surface area contributed by atoms with Crippen LogP contribution in [-0.2, 0) is 6.42 Å². The third-order valence-electron chi connectivity index (χ3n) is 3.24. The molecule has 0 amide bonds. The van der Waals surface area contributed by atoms with Crippen molar-refractivity contribution in [3.05, 3.63) is 64.5 Å². The molecule has 126 valence electrons. The second-order valence-electron chi connectivity index (χ2n) is 4.78. The number of benzene rings is 2. The van der Waals surface area contributed by atoms with Crippen LogP contribution in [0.4, 0.5) is 26.3 Å². The maximum absolute atomic E-state index is 13.9. The minimum absolute atomic E-state index is 0.0719. The predicted molar refractivity (Wildman–Crippen MR) is 78.3 cm³/mol. The Labute approximate surface area is 133 Å². The molecule has 0 aromatic heterocycles. The van der Waals surface area contributed by atoms with Gasteiger partial charge in [-0.25, -0.2) is 39.0 Å². The summed E-state index contributed by atoms with van der Waals surface area (Å²) in [5.41, 5.74) is -0.685. The van der Waals surface area contributed by atoms with Crippen molar-refractivity contribution in [1.82, 2.24) is 5.32 Å². The van der Waals surface area contributed by atoms with Crippen LogP contribution in [0.3, 0.4) is 0 Å². The van der Waals surface area contributed by atoms with E-state index in [1.807, 2.05) is 0 Å². The predicted octanol–water partition coefficient (Wildman–Crippen LogP) is 3.94. The van der Waals surface area contributed by atoms with Gasteiger partial charge in [-0.15, -0.1) is 0 Å². The van der Waals surface area contributed by atoms with Gasteiger partial charge in [-0.05, 0) is 24.1 Å². The topological polar surface area (TPSA) is 12.0 Å². The maximum Gasteiger partial charge on any atom is 0.182 e. The summed E-state index contributed by atoms with van der Waals surface area (Å²) in [7, 11) is 0. The standard InChI is InChI=1S/C15H13F6NS/c16-8-3-1-7(2-4-8)5-6-22-15(21)9-10(17)12(19)14(23)13(20)11(9)18/h1-4,15,22H,5-6H2,23H3. The van der Waals surface area contributed by atoms with Gasteiger partial charge in [0.2, 0.25) is 0 Å². The highest BCUT2D eigenvalue weighted by atomic mass is 32.1. The molecule has 0 aliphatic rings. The molecule has 0 saturated heterocycles. The van der Waals surface area contributed by atoms with Crippen LogP contribution in [0.5, 0.6) is 0 Å². The van der Waals surface area contributed by atoms with E-state index in [1.54, 1.807) is 0 Å². The van der Waals surface area contributed by atoms with E-state index in [0.717, 1.165) is 0 Å². The number of halogens is 6. The lowest BCUT2D eigenvalue weighted by molar-refractivity contribution is 0.255. The number of nitrogens with one attached hydrogen (secondary N) is 1. The first-order valence-corrected chi connectivity index (χ1v) is 7.13. The third-order valence-corrected chi connectivity index (χ3v) is 3.74. The van der Waals surface area contributed by atoms with Gasteiger partial charge in [-0.3, -0.25) is 5.32 Å². The van der Waals surface area contributed by atoms with E-state index in [2.05, 4.69) is 5.32 Å². The Morgan fingerprint density at radius 2 is 1.39 bits per heavy atom. The van der Waals surface area contributed by atoms with Gasteiger partial charge in [0.1, 0.15) is 5.82 Å². The molecule has 1 unspecified atom stereocenters. The molecule has 2 aromatic carbocycles. The Balaban J connectivity index is 2.09. The molecule has 23 heavy (non-hydrogen) atoms. The van der Waals surface area contributed by atoms with Crippen molar-refractivity contribution in [2.24, 2.45) is 0 Å². The second-order valence-corrected chi connectivity index (χ2v) is 5.35. The summed E-state index contributed by atoms with van der Waals surface area (Å²) in [6, 6.07) is 5.36. The molecular weight excluding hydrogens is 340 g/mol. The first kappa shape index (κ1) is 17.7. The number of hydrogen-bond acceptors (Lipinski definition) is 1. The highest BCUT2D eigenvalue weighted by Gasteiger charge is 2.28. The molecule has 0 bridgehead atoms. The summed E-state index contributed by atoms with van der Waals surface area (Å²) in [5.74, 6) is -7.32. The average molecular weight is 353 g/mol. The van der Waals surface area contributed by atoms with Crippen LogP contribution in [0.2, 0.25) is 0 Å². The zero-order valence-electron chi connectivity index (χ0n) is 11.6. The van der Waals surface area contributed by atoms with Crippen molar-refractivity contribution in [2.75, 3.05) is 6.54 Å². The Bertz CT molecular complexity index is 675. The van der Waals surface area contributed by atoms with Crippen LogP contribution in [-0.4, -0.2) is 6.54 Å². The van der Waals surface area contributed by atoms with Crippen molar-refractivity contribution in [1.29, 1.82) is 0 Å². The lowest BCUT2D eigenvalue weighted by Gasteiger charge is -2.15. The van der Waals surface area contributed by atoms with Gasteiger partial charge < -0.3 is 0 Å². The van der Waals surface area contributed by atoms with E-state index in [9.17, 15) is 26.3 Å². The summed E-state index contributed by atoms with van der Waals surface area (Å²) >= 11 is 1.52.